The van der Waals surface area contributed by atoms with Crippen molar-refractivity contribution in [3.8, 4) is 5.75 Å². The lowest BCUT2D eigenvalue weighted by molar-refractivity contribution is -0.132. The van der Waals surface area contributed by atoms with Gasteiger partial charge in [-0.2, -0.15) is 0 Å². The molecule has 0 aliphatic carbocycles. The van der Waals surface area contributed by atoms with Gasteiger partial charge >= 0.3 is 0 Å². The molecule has 2 rings (SSSR count). The summed E-state index contributed by atoms with van der Waals surface area (Å²) in [7, 11) is 1.82. The molecule has 4 nitrogen and oxygen atoms in total. The van der Waals surface area contributed by atoms with Gasteiger partial charge < -0.3 is 15.0 Å². The summed E-state index contributed by atoms with van der Waals surface area (Å²) >= 11 is 0. The number of carbonyl (C=O) groups is 1. The predicted molar refractivity (Wildman–Crippen MR) is 84.6 cm³/mol. The normalized spacial score (nSPS) is 19.9. The molecule has 1 aliphatic rings. The Morgan fingerprint density at radius 1 is 1.38 bits per heavy atom. The van der Waals surface area contributed by atoms with Crippen LogP contribution in [0.15, 0.2) is 24.3 Å². The van der Waals surface area contributed by atoms with Crippen LogP contribution in [0.2, 0.25) is 0 Å². The molecule has 4 heteroatoms. The summed E-state index contributed by atoms with van der Waals surface area (Å²) in [5, 5.41) is 3.48. The van der Waals surface area contributed by atoms with Crippen molar-refractivity contribution in [2.24, 2.45) is 0 Å². The Morgan fingerprint density at radius 3 is 2.67 bits per heavy atom. The van der Waals surface area contributed by atoms with Gasteiger partial charge in [-0.05, 0) is 44.0 Å². The molecule has 0 saturated carbocycles. The molecule has 21 heavy (non-hydrogen) atoms. The van der Waals surface area contributed by atoms with Crippen LogP contribution in [0.3, 0.4) is 0 Å². The van der Waals surface area contributed by atoms with E-state index >= 15 is 0 Å². The maximum absolute atomic E-state index is 11.8. The third-order valence-electron chi connectivity index (χ3n) is 3.86. The van der Waals surface area contributed by atoms with Crippen LogP contribution in [0.5, 0.6) is 5.75 Å². The number of likely N-dealkylation sites (tertiary alicyclic amines) is 1. The molecule has 0 bridgehead atoms. The summed E-state index contributed by atoms with van der Waals surface area (Å²) in [5.41, 5.74) is 1.29. The molecule has 0 aromatic heterocycles. The molecule has 2 unspecified atom stereocenters. The van der Waals surface area contributed by atoms with Crippen molar-refractivity contribution < 1.29 is 9.53 Å². The van der Waals surface area contributed by atoms with Gasteiger partial charge in [0.2, 0.25) is 0 Å². The molecule has 1 heterocycles. The zero-order chi connectivity index (χ0) is 15.2. The Balaban J connectivity index is 1.86. The van der Waals surface area contributed by atoms with E-state index in [0.717, 1.165) is 38.1 Å². The number of amides is 1. The number of benzene rings is 1. The maximum atomic E-state index is 11.8. The standard InChI is InChI=1S/C17H26N2O2/c1-4-10-18-13(2)12-14-5-7-15(8-6-14)21-16-9-11-19(3)17(16)20/h5-8,13,16,18H,4,9-12H2,1-3H3. The van der Waals surface area contributed by atoms with E-state index in [4.69, 9.17) is 4.74 Å². The summed E-state index contributed by atoms with van der Waals surface area (Å²) in [6, 6.07) is 8.58. The van der Waals surface area contributed by atoms with E-state index in [0.29, 0.717) is 6.04 Å². The molecule has 2 atom stereocenters. The van der Waals surface area contributed by atoms with Crippen molar-refractivity contribution >= 4 is 5.91 Å². The summed E-state index contributed by atoms with van der Waals surface area (Å²) in [5.74, 6) is 0.859. The predicted octanol–water partition coefficient (Wildman–Crippen LogP) is 2.23. The van der Waals surface area contributed by atoms with Crippen molar-refractivity contribution in [1.82, 2.24) is 10.2 Å². The lowest BCUT2D eigenvalue weighted by atomic mass is 10.1. The van der Waals surface area contributed by atoms with Gasteiger partial charge in [0.15, 0.2) is 6.10 Å². The zero-order valence-electron chi connectivity index (χ0n) is 13.3. The first-order valence-corrected chi connectivity index (χ1v) is 7.84. The second kappa shape index (κ2) is 7.46. The number of hydrogen-bond acceptors (Lipinski definition) is 3. The van der Waals surface area contributed by atoms with Crippen LogP contribution in [0.1, 0.15) is 32.3 Å². The Bertz CT molecular complexity index is 458. The first kappa shape index (κ1) is 15.8. The fraction of sp³-hybridized carbons (Fsp3) is 0.588. The van der Waals surface area contributed by atoms with Gasteiger partial charge in [0.05, 0.1) is 0 Å². The topological polar surface area (TPSA) is 41.6 Å². The Labute approximate surface area is 127 Å². The highest BCUT2D eigenvalue weighted by molar-refractivity contribution is 5.83. The third-order valence-corrected chi connectivity index (χ3v) is 3.86. The number of nitrogens with one attached hydrogen (secondary N) is 1. The molecule has 1 amide bonds. The van der Waals surface area contributed by atoms with Gasteiger partial charge in [0.1, 0.15) is 5.75 Å². The SMILES string of the molecule is CCCNC(C)Cc1ccc(OC2CCN(C)C2=O)cc1. The van der Waals surface area contributed by atoms with Crippen LogP contribution < -0.4 is 10.1 Å². The van der Waals surface area contributed by atoms with E-state index in [2.05, 4.69) is 31.3 Å². The Morgan fingerprint density at radius 2 is 2.10 bits per heavy atom. The van der Waals surface area contributed by atoms with E-state index in [1.807, 2.05) is 19.2 Å². The molecule has 1 fully saturated rings. The van der Waals surface area contributed by atoms with Crippen molar-refractivity contribution in [2.45, 2.75) is 45.3 Å². The highest BCUT2D eigenvalue weighted by atomic mass is 16.5. The third kappa shape index (κ3) is 4.46. The molecule has 1 N–H and O–H groups in total. The van der Waals surface area contributed by atoms with Crippen molar-refractivity contribution in [3.63, 3.8) is 0 Å². The van der Waals surface area contributed by atoms with E-state index in [1.54, 1.807) is 4.90 Å². The number of carbonyl (C=O) groups excluding carboxylic acids is 1. The first-order chi connectivity index (χ1) is 10.1. The van der Waals surface area contributed by atoms with Gasteiger partial charge in [-0.25, -0.2) is 0 Å². The maximum Gasteiger partial charge on any atom is 0.263 e. The minimum atomic E-state index is -0.314. The first-order valence-electron chi connectivity index (χ1n) is 7.84. The smallest absolute Gasteiger partial charge is 0.263 e. The van der Waals surface area contributed by atoms with Gasteiger partial charge in [-0.3, -0.25) is 4.79 Å². The molecule has 0 spiro atoms. The molecule has 1 aromatic rings. The second-order valence-corrected chi connectivity index (χ2v) is 5.86. The van der Waals surface area contributed by atoms with E-state index in [1.165, 1.54) is 5.56 Å². The molecular formula is C17H26N2O2. The minimum Gasteiger partial charge on any atom is -0.481 e. The summed E-state index contributed by atoms with van der Waals surface area (Å²) in [6.45, 7) is 6.21. The highest BCUT2D eigenvalue weighted by Crippen LogP contribution is 2.19. The summed E-state index contributed by atoms with van der Waals surface area (Å²) in [4.78, 5) is 13.5. The van der Waals surface area contributed by atoms with Crippen LogP contribution in [0.25, 0.3) is 0 Å². The highest BCUT2D eigenvalue weighted by Gasteiger charge is 2.30. The van der Waals surface area contributed by atoms with Crippen LogP contribution in [0.4, 0.5) is 0 Å². The molecule has 1 aliphatic heterocycles. The lowest BCUT2D eigenvalue weighted by Gasteiger charge is -2.15. The van der Waals surface area contributed by atoms with Crippen molar-refractivity contribution in [1.29, 1.82) is 0 Å². The van der Waals surface area contributed by atoms with Crippen LogP contribution in [0, 0.1) is 0 Å². The van der Waals surface area contributed by atoms with Crippen LogP contribution in [-0.2, 0) is 11.2 Å². The molecular weight excluding hydrogens is 264 g/mol. The minimum absolute atomic E-state index is 0.0801. The summed E-state index contributed by atoms with van der Waals surface area (Å²) < 4.78 is 5.78. The lowest BCUT2D eigenvalue weighted by Crippen LogP contribution is -2.29. The van der Waals surface area contributed by atoms with Gasteiger partial charge in [0.25, 0.3) is 5.91 Å². The number of rotatable bonds is 7. The Kier molecular flexibility index (Phi) is 5.62. The zero-order valence-corrected chi connectivity index (χ0v) is 13.3. The largest absolute Gasteiger partial charge is 0.481 e. The van der Waals surface area contributed by atoms with Gasteiger partial charge in [0, 0.05) is 26.1 Å². The monoisotopic (exact) mass is 290 g/mol. The second-order valence-electron chi connectivity index (χ2n) is 5.86. The van der Waals surface area contributed by atoms with Crippen LogP contribution in [-0.4, -0.2) is 43.1 Å². The number of nitrogens with zero attached hydrogens (tertiary/aromatic N) is 1. The number of hydrogen-bond donors (Lipinski definition) is 1. The van der Waals surface area contributed by atoms with Crippen molar-refractivity contribution in [3.05, 3.63) is 29.8 Å². The molecule has 1 aromatic carbocycles. The fourth-order valence-electron chi connectivity index (χ4n) is 2.58. The quantitative estimate of drug-likeness (QED) is 0.837. The molecule has 0 radical (unpaired) electrons. The van der Waals surface area contributed by atoms with E-state index in [-0.39, 0.29) is 12.0 Å². The van der Waals surface area contributed by atoms with Crippen molar-refractivity contribution in [2.75, 3.05) is 20.1 Å². The van der Waals surface area contributed by atoms with E-state index < -0.39 is 0 Å². The van der Waals surface area contributed by atoms with Gasteiger partial charge in [-0.15, -0.1) is 0 Å². The molecule has 116 valence electrons. The number of likely N-dealkylation sites (N-methyl/N-ethyl adjacent to an activating group) is 1. The molecule has 1 saturated heterocycles. The average molecular weight is 290 g/mol. The van der Waals surface area contributed by atoms with Crippen LogP contribution >= 0.6 is 0 Å². The van der Waals surface area contributed by atoms with E-state index in [9.17, 15) is 4.79 Å². The fourth-order valence-corrected chi connectivity index (χ4v) is 2.58. The number of ether oxygens (including phenoxy) is 1. The Hall–Kier alpha value is -1.55. The average Bonchev–Trinajstić information content (AvgIpc) is 2.79. The summed E-state index contributed by atoms with van der Waals surface area (Å²) in [6.07, 6.45) is 2.62. The van der Waals surface area contributed by atoms with Gasteiger partial charge in [-0.1, -0.05) is 19.1 Å².